The highest BCUT2D eigenvalue weighted by atomic mass is 16.5. The van der Waals surface area contributed by atoms with Gasteiger partial charge in [-0.1, -0.05) is 26.3 Å². The SMILES string of the molecule is CC(C)c1cc(=O)n(CC2CCC2)c2cc(OCC(=O)N3CCN(c4ccccn4)CC3)ccc12. The second-order valence-corrected chi connectivity index (χ2v) is 10.0. The Morgan fingerprint density at radius 3 is 2.54 bits per heavy atom. The molecule has 1 saturated heterocycles. The lowest BCUT2D eigenvalue weighted by Crippen LogP contribution is -2.50. The Hall–Kier alpha value is -3.35. The maximum absolute atomic E-state index is 13.0. The third-order valence-electron chi connectivity index (χ3n) is 7.37. The van der Waals surface area contributed by atoms with Gasteiger partial charge in [0.1, 0.15) is 11.6 Å². The molecule has 1 aromatic carbocycles. The number of anilines is 1. The molecule has 1 aliphatic heterocycles. The lowest BCUT2D eigenvalue weighted by molar-refractivity contribution is -0.133. The van der Waals surface area contributed by atoms with E-state index >= 15 is 0 Å². The average molecular weight is 475 g/mol. The molecule has 2 aromatic heterocycles. The Balaban J connectivity index is 1.28. The zero-order valence-electron chi connectivity index (χ0n) is 20.7. The zero-order valence-corrected chi connectivity index (χ0v) is 20.7. The minimum Gasteiger partial charge on any atom is -0.484 e. The van der Waals surface area contributed by atoms with Crippen molar-refractivity contribution < 1.29 is 9.53 Å². The highest BCUT2D eigenvalue weighted by Crippen LogP contribution is 2.31. The predicted molar refractivity (Wildman–Crippen MR) is 138 cm³/mol. The van der Waals surface area contributed by atoms with E-state index in [-0.39, 0.29) is 24.0 Å². The number of carbonyl (C=O) groups excluding carboxylic acids is 1. The van der Waals surface area contributed by atoms with E-state index in [0.717, 1.165) is 41.9 Å². The number of aromatic nitrogens is 2. The first-order valence-electron chi connectivity index (χ1n) is 12.7. The zero-order chi connectivity index (χ0) is 24.4. The Morgan fingerprint density at radius 1 is 1.09 bits per heavy atom. The number of hydrogen-bond donors (Lipinski definition) is 0. The van der Waals surface area contributed by atoms with Crippen LogP contribution in [-0.2, 0) is 11.3 Å². The van der Waals surface area contributed by atoms with Gasteiger partial charge >= 0.3 is 0 Å². The van der Waals surface area contributed by atoms with Gasteiger partial charge in [-0.05, 0) is 54.5 Å². The van der Waals surface area contributed by atoms with E-state index < -0.39 is 0 Å². The Bertz CT molecular complexity index is 1240. The van der Waals surface area contributed by atoms with E-state index in [1.807, 2.05) is 45.9 Å². The minimum absolute atomic E-state index is 0.00811. The molecule has 0 radical (unpaired) electrons. The Labute approximate surface area is 206 Å². The summed E-state index contributed by atoms with van der Waals surface area (Å²) < 4.78 is 7.85. The monoisotopic (exact) mass is 474 g/mol. The van der Waals surface area contributed by atoms with Gasteiger partial charge in [0, 0.05) is 56.4 Å². The summed E-state index contributed by atoms with van der Waals surface area (Å²) in [6, 6.07) is 13.6. The lowest BCUT2D eigenvalue weighted by Gasteiger charge is -2.35. The molecule has 2 fully saturated rings. The van der Waals surface area contributed by atoms with Gasteiger partial charge < -0.3 is 19.1 Å². The van der Waals surface area contributed by atoms with E-state index in [1.54, 1.807) is 12.3 Å². The molecule has 35 heavy (non-hydrogen) atoms. The number of nitrogens with zero attached hydrogens (tertiary/aromatic N) is 4. The van der Waals surface area contributed by atoms with E-state index in [4.69, 9.17) is 4.74 Å². The minimum atomic E-state index is -0.0199. The van der Waals surface area contributed by atoms with Crippen LogP contribution in [0.3, 0.4) is 0 Å². The lowest BCUT2D eigenvalue weighted by atomic mass is 9.85. The summed E-state index contributed by atoms with van der Waals surface area (Å²) in [5.74, 6) is 2.37. The number of rotatable bonds is 7. The number of pyridine rings is 2. The summed E-state index contributed by atoms with van der Waals surface area (Å²) in [4.78, 5) is 34.3. The van der Waals surface area contributed by atoms with Crippen LogP contribution < -0.4 is 15.2 Å². The second kappa shape index (κ2) is 10.1. The van der Waals surface area contributed by atoms with Gasteiger partial charge in [-0.15, -0.1) is 0 Å². The Kier molecular flexibility index (Phi) is 6.75. The summed E-state index contributed by atoms with van der Waals surface area (Å²) >= 11 is 0. The second-order valence-electron chi connectivity index (χ2n) is 10.0. The highest BCUT2D eigenvalue weighted by molar-refractivity contribution is 5.85. The topological polar surface area (TPSA) is 67.7 Å². The third-order valence-corrected chi connectivity index (χ3v) is 7.37. The van der Waals surface area contributed by atoms with Gasteiger partial charge in [-0.3, -0.25) is 9.59 Å². The number of benzene rings is 1. The fraction of sp³-hybridized carbons (Fsp3) is 0.464. The van der Waals surface area contributed by atoms with Gasteiger partial charge in [0.05, 0.1) is 5.52 Å². The number of amides is 1. The highest BCUT2D eigenvalue weighted by Gasteiger charge is 2.23. The fourth-order valence-corrected chi connectivity index (χ4v) is 5.04. The first-order valence-corrected chi connectivity index (χ1v) is 12.7. The number of carbonyl (C=O) groups is 1. The smallest absolute Gasteiger partial charge is 0.260 e. The molecule has 3 aromatic rings. The molecule has 184 valence electrons. The van der Waals surface area contributed by atoms with E-state index in [0.29, 0.717) is 24.8 Å². The van der Waals surface area contributed by atoms with Crippen molar-refractivity contribution in [2.24, 2.45) is 5.92 Å². The molecule has 7 nitrogen and oxygen atoms in total. The molecular formula is C28H34N4O3. The standard InChI is InChI=1S/C28H34N4O3/c1-20(2)24-17-27(33)32(18-21-6-5-7-21)25-16-22(9-10-23(24)25)35-19-28(34)31-14-12-30(13-15-31)26-8-3-4-11-29-26/h3-4,8-11,16-17,20-21H,5-7,12-15,18-19H2,1-2H3. The van der Waals surface area contributed by atoms with Crippen LogP contribution in [0.4, 0.5) is 5.82 Å². The van der Waals surface area contributed by atoms with E-state index in [2.05, 4.69) is 23.7 Å². The number of hydrogen-bond acceptors (Lipinski definition) is 5. The summed E-state index contributed by atoms with van der Waals surface area (Å²) in [6.07, 6.45) is 5.39. The van der Waals surface area contributed by atoms with Crippen LogP contribution in [0.25, 0.3) is 10.9 Å². The summed E-state index contributed by atoms with van der Waals surface area (Å²) in [5, 5.41) is 1.09. The molecule has 1 saturated carbocycles. The number of fused-ring (bicyclic) bond motifs is 1. The molecular weight excluding hydrogens is 440 g/mol. The van der Waals surface area contributed by atoms with Crippen molar-refractivity contribution in [3.63, 3.8) is 0 Å². The van der Waals surface area contributed by atoms with Crippen LogP contribution in [0.15, 0.2) is 53.5 Å². The molecule has 1 amide bonds. The molecule has 0 spiro atoms. The van der Waals surface area contributed by atoms with Gasteiger partial charge in [0.15, 0.2) is 6.61 Å². The quantitative estimate of drug-likeness (QED) is 0.517. The van der Waals surface area contributed by atoms with Crippen LogP contribution in [0, 0.1) is 5.92 Å². The van der Waals surface area contributed by atoms with Crippen molar-refractivity contribution >= 4 is 22.6 Å². The number of ether oxygens (including phenoxy) is 1. The van der Waals surface area contributed by atoms with Crippen molar-refractivity contribution in [3.05, 3.63) is 64.6 Å². The van der Waals surface area contributed by atoms with Crippen LogP contribution in [-0.4, -0.2) is 53.1 Å². The molecule has 0 bridgehead atoms. The predicted octanol–water partition coefficient (Wildman–Crippen LogP) is 4.05. The third kappa shape index (κ3) is 5.04. The van der Waals surface area contributed by atoms with Crippen LogP contribution in [0.1, 0.15) is 44.6 Å². The van der Waals surface area contributed by atoms with Crippen molar-refractivity contribution in [1.29, 1.82) is 0 Å². The van der Waals surface area contributed by atoms with Gasteiger partial charge in [-0.25, -0.2) is 4.98 Å². The molecule has 0 N–H and O–H groups in total. The molecule has 5 rings (SSSR count). The largest absolute Gasteiger partial charge is 0.484 e. The molecule has 3 heterocycles. The molecule has 1 aliphatic carbocycles. The average Bonchev–Trinajstić information content (AvgIpc) is 2.85. The first kappa shape index (κ1) is 23.4. The van der Waals surface area contributed by atoms with Gasteiger partial charge in [0.2, 0.25) is 0 Å². The van der Waals surface area contributed by atoms with Gasteiger partial charge in [0.25, 0.3) is 11.5 Å². The van der Waals surface area contributed by atoms with Crippen molar-refractivity contribution in [3.8, 4) is 5.75 Å². The molecule has 0 unspecified atom stereocenters. The summed E-state index contributed by atoms with van der Waals surface area (Å²) in [5.41, 5.74) is 2.01. The molecule has 0 atom stereocenters. The van der Waals surface area contributed by atoms with Crippen molar-refractivity contribution in [2.75, 3.05) is 37.7 Å². The van der Waals surface area contributed by atoms with E-state index in [1.165, 1.54) is 19.3 Å². The molecule has 2 aliphatic rings. The van der Waals surface area contributed by atoms with E-state index in [9.17, 15) is 9.59 Å². The van der Waals surface area contributed by atoms with Crippen LogP contribution >= 0.6 is 0 Å². The van der Waals surface area contributed by atoms with Crippen molar-refractivity contribution in [1.82, 2.24) is 14.5 Å². The summed E-state index contributed by atoms with van der Waals surface area (Å²) in [6.45, 7) is 7.77. The van der Waals surface area contributed by atoms with Crippen LogP contribution in [0.2, 0.25) is 0 Å². The summed E-state index contributed by atoms with van der Waals surface area (Å²) in [7, 11) is 0. The first-order chi connectivity index (χ1) is 17.0. The van der Waals surface area contributed by atoms with Crippen molar-refractivity contribution in [2.45, 2.75) is 45.6 Å². The molecule has 7 heteroatoms. The maximum atomic E-state index is 13.0. The van der Waals surface area contributed by atoms with Crippen LogP contribution in [0.5, 0.6) is 5.75 Å². The number of piperazine rings is 1. The Morgan fingerprint density at radius 2 is 1.89 bits per heavy atom. The normalized spacial score (nSPS) is 16.5. The van der Waals surface area contributed by atoms with Gasteiger partial charge in [-0.2, -0.15) is 0 Å². The maximum Gasteiger partial charge on any atom is 0.260 e. The fourth-order valence-electron chi connectivity index (χ4n) is 5.04.